The Balaban J connectivity index is 2.14. The number of nitrogens with zero attached hydrogens (tertiary/aromatic N) is 2. The Bertz CT molecular complexity index is 560. The van der Waals surface area contributed by atoms with E-state index in [1.807, 2.05) is 31.2 Å². The highest BCUT2D eigenvalue weighted by Crippen LogP contribution is 2.27. The molecule has 2 rings (SSSR count). The zero-order valence-electron chi connectivity index (χ0n) is 11.0. The van der Waals surface area contributed by atoms with Gasteiger partial charge in [0.05, 0.1) is 4.47 Å². The van der Waals surface area contributed by atoms with Crippen molar-refractivity contribution < 1.29 is 4.74 Å². The fourth-order valence-corrected chi connectivity index (χ4v) is 1.94. The van der Waals surface area contributed by atoms with Gasteiger partial charge in [0.1, 0.15) is 5.75 Å². The van der Waals surface area contributed by atoms with Gasteiger partial charge in [0.2, 0.25) is 0 Å². The van der Waals surface area contributed by atoms with Crippen molar-refractivity contribution in [3.05, 3.63) is 46.2 Å². The van der Waals surface area contributed by atoms with Crippen molar-refractivity contribution in [1.82, 2.24) is 15.3 Å². The van der Waals surface area contributed by atoms with Crippen LogP contribution in [-0.2, 0) is 6.54 Å². The quantitative estimate of drug-likeness (QED) is 0.916. The number of hydrogen-bond acceptors (Lipinski definition) is 4. The number of para-hydroxylation sites is 1. The van der Waals surface area contributed by atoms with Crippen molar-refractivity contribution in [2.24, 2.45) is 0 Å². The number of halogens is 1. The molecule has 19 heavy (non-hydrogen) atoms. The highest BCUT2D eigenvalue weighted by Gasteiger charge is 2.07. The smallest absolute Gasteiger partial charge is 0.322 e. The first kappa shape index (κ1) is 14.0. The van der Waals surface area contributed by atoms with Gasteiger partial charge in [0, 0.05) is 24.0 Å². The Morgan fingerprint density at radius 2 is 2.11 bits per heavy atom. The fraction of sp³-hybridized carbons (Fsp3) is 0.286. The zero-order chi connectivity index (χ0) is 13.7. The van der Waals surface area contributed by atoms with E-state index >= 15 is 0 Å². The van der Waals surface area contributed by atoms with Crippen molar-refractivity contribution in [2.45, 2.75) is 20.4 Å². The summed E-state index contributed by atoms with van der Waals surface area (Å²) in [7, 11) is 0. The Kier molecular flexibility index (Phi) is 4.87. The maximum Gasteiger partial charge on any atom is 0.322 e. The van der Waals surface area contributed by atoms with Crippen LogP contribution in [0.3, 0.4) is 0 Å². The number of rotatable bonds is 5. The van der Waals surface area contributed by atoms with E-state index in [0.29, 0.717) is 11.8 Å². The summed E-state index contributed by atoms with van der Waals surface area (Å²) in [5.41, 5.74) is 2.01. The van der Waals surface area contributed by atoms with Gasteiger partial charge in [-0.3, -0.25) is 0 Å². The lowest BCUT2D eigenvalue weighted by atomic mass is 10.2. The number of hydrogen-bond donors (Lipinski definition) is 1. The molecule has 0 spiro atoms. The molecule has 0 bridgehead atoms. The summed E-state index contributed by atoms with van der Waals surface area (Å²) in [5.74, 6) is 0.710. The Labute approximate surface area is 121 Å². The maximum absolute atomic E-state index is 5.66. The van der Waals surface area contributed by atoms with Crippen LogP contribution < -0.4 is 10.1 Å². The molecule has 1 aromatic carbocycles. The lowest BCUT2D eigenvalue weighted by molar-refractivity contribution is 0.436. The van der Waals surface area contributed by atoms with Crippen molar-refractivity contribution in [3.63, 3.8) is 0 Å². The van der Waals surface area contributed by atoms with Crippen LogP contribution >= 0.6 is 15.9 Å². The molecule has 0 amide bonds. The maximum atomic E-state index is 5.66. The van der Waals surface area contributed by atoms with E-state index in [0.717, 1.165) is 28.8 Å². The van der Waals surface area contributed by atoms with E-state index in [1.165, 1.54) is 0 Å². The van der Waals surface area contributed by atoms with Crippen LogP contribution in [0.5, 0.6) is 11.8 Å². The molecular weight excluding hydrogens is 306 g/mol. The third-order valence-corrected chi connectivity index (χ3v) is 3.32. The SMILES string of the molecule is CCNCc1cnc(Oc2ccccc2Br)nc1C. The summed E-state index contributed by atoms with van der Waals surface area (Å²) in [6.45, 7) is 5.73. The summed E-state index contributed by atoms with van der Waals surface area (Å²) in [6.07, 6.45) is 1.80. The van der Waals surface area contributed by atoms with Gasteiger partial charge in [-0.15, -0.1) is 0 Å². The van der Waals surface area contributed by atoms with Crippen molar-refractivity contribution in [2.75, 3.05) is 6.54 Å². The predicted molar refractivity (Wildman–Crippen MR) is 78.4 cm³/mol. The first-order valence-corrected chi connectivity index (χ1v) is 6.95. The predicted octanol–water partition coefficient (Wildman–Crippen LogP) is 3.45. The van der Waals surface area contributed by atoms with E-state index < -0.39 is 0 Å². The second kappa shape index (κ2) is 6.63. The van der Waals surface area contributed by atoms with E-state index in [4.69, 9.17) is 4.74 Å². The molecule has 0 aliphatic heterocycles. The van der Waals surface area contributed by atoms with E-state index in [-0.39, 0.29) is 0 Å². The van der Waals surface area contributed by atoms with Gasteiger partial charge >= 0.3 is 6.01 Å². The monoisotopic (exact) mass is 321 g/mol. The summed E-state index contributed by atoms with van der Waals surface area (Å²) in [6, 6.07) is 8.00. The molecular formula is C14H16BrN3O. The topological polar surface area (TPSA) is 47.0 Å². The summed E-state index contributed by atoms with van der Waals surface area (Å²) < 4.78 is 6.54. The number of benzene rings is 1. The molecule has 0 unspecified atom stereocenters. The standard InChI is InChI=1S/C14H16BrN3O/c1-3-16-8-11-9-17-14(18-10(11)2)19-13-7-5-4-6-12(13)15/h4-7,9,16H,3,8H2,1-2H3. The van der Waals surface area contributed by atoms with Gasteiger partial charge in [-0.1, -0.05) is 19.1 Å². The van der Waals surface area contributed by atoms with Gasteiger partial charge in [-0.2, -0.15) is 4.98 Å². The minimum atomic E-state index is 0.365. The largest absolute Gasteiger partial charge is 0.423 e. The Morgan fingerprint density at radius 3 is 2.79 bits per heavy atom. The van der Waals surface area contributed by atoms with Crippen LogP contribution in [0.25, 0.3) is 0 Å². The van der Waals surface area contributed by atoms with Crippen LogP contribution in [-0.4, -0.2) is 16.5 Å². The van der Waals surface area contributed by atoms with Crippen LogP contribution in [0.1, 0.15) is 18.2 Å². The molecule has 0 saturated heterocycles. The third-order valence-electron chi connectivity index (χ3n) is 2.66. The fourth-order valence-electron chi connectivity index (χ4n) is 1.58. The van der Waals surface area contributed by atoms with Crippen LogP contribution in [0.4, 0.5) is 0 Å². The Morgan fingerprint density at radius 1 is 1.32 bits per heavy atom. The molecule has 1 N–H and O–H groups in total. The molecule has 1 heterocycles. The molecule has 0 aliphatic carbocycles. The van der Waals surface area contributed by atoms with E-state index in [9.17, 15) is 0 Å². The second-order valence-electron chi connectivity index (χ2n) is 4.08. The summed E-state index contributed by atoms with van der Waals surface area (Å²) in [5, 5.41) is 3.26. The molecule has 1 aromatic heterocycles. The minimum absolute atomic E-state index is 0.365. The van der Waals surface area contributed by atoms with E-state index in [1.54, 1.807) is 6.20 Å². The van der Waals surface area contributed by atoms with Crippen LogP contribution in [0, 0.1) is 6.92 Å². The number of aryl methyl sites for hydroxylation is 1. The molecule has 0 fully saturated rings. The average Bonchev–Trinajstić information content (AvgIpc) is 2.40. The molecule has 0 atom stereocenters. The second-order valence-corrected chi connectivity index (χ2v) is 4.93. The minimum Gasteiger partial charge on any atom is -0.423 e. The molecule has 0 saturated carbocycles. The van der Waals surface area contributed by atoms with Gasteiger partial charge < -0.3 is 10.1 Å². The van der Waals surface area contributed by atoms with Gasteiger partial charge in [-0.05, 0) is 41.5 Å². The third kappa shape index (κ3) is 3.75. The number of aromatic nitrogens is 2. The van der Waals surface area contributed by atoms with Crippen molar-refractivity contribution in [3.8, 4) is 11.8 Å². The summed E-state index contributed by atoms with van der Waals surface area (Å²) in [4.78, 5) is 8.60. The highest BCUT2D eigenvalue weighted by atomic mass is 79.9. The number of nitrogens with one attached hydrogen (secondary N) is 1. The molecule has 100 valence electrons. The molecule has 0 radical (unpaired) electrons. The van der Waals surface area contributed by atoms with Gasteiger partial charge in [0.25, 0.3) is 0 Å². The molecule has 0 aliphatic rings. The summed E-state index contributed by atoms with van der Waals surface area (Å²) >= 11 is 3.43. The highest BCUT2D eigenvalue weighted by molar-refractivity contribution is 9.10. The van der Waals surface area contributed by atoms with Gasteiger partial charge in [-0.25, -0.2) is 4.98 Å². The van der Waals surface area contributed by atoms with Crippen molar-refractivity contribution in [1.29, 1.82) is 0 Å². The van der Waals surface area contributed by atoms with Crippen molar-refractivity contribution >= 4 is 15.9 Å². The van der Waals surface area contributed by atoms with Crippen LogP contribution in [0.15, 0.2) is 34.9 Å². The Hall–Kier alpha value is -1.46. The lowest BCUT2D eigenvalue weighted by Crippen LogP contribution is -2.13. The zero-order valence-corrected chi connectivity index (χ0v) is 12.6. The van der Waals surface area contributed by atoms with E-state index in [2.05, 4.69) is 38.1 Å². The van der Waals surface area contributed by atoms with Gasteiger partial charge in [0.15, 0.2) is 0 Å². The average molecular weight is 322 g/mol. The molecule has 5 heteroatoms. The lowest BCUT2D eigenvalue weighted by Gasteiger charge is -2.09. The first-order chi connectivity index (χ1) is 9.20. The number of ether oxygens (including phenoxy) is 1. The molecule has 4 nitrogen and oxygen atoms in total. The molecule has 2 aromatic rings. The van der Waals surface area contributed by atoms with Crippen LogP contribution in [0.2, 0.25) is 0 Å². The first-order valence-electron chi connectivity index (χ1n) is 6.16. The normalized spacial score (nSPS) is 10.5.